The molecule has 1 aliphatic heterocycles. The molecule has 8 nitrogen and oxygen atoms in total. The van der Waals surface area contributed by atoms with Crippen molar-refractivity contribution in [2.45, 2.75) is 31.7 Å². The predicted octanol–water partition coefficient (Wildman–Crippen LogP) is 2.74. The second kappa shape index (κ2) is 7.82. The van der Waals surface area contributed by atoms with Crippen LogP contribution in [0.3, 0.4) is 0 Å². The number of carbonyl (C=O) groups is 1. The van der Waals surface area contributed by atoms with E-state index in [0.717, 1.165) is 25.0 Å². The highest BCUT2D eigenvalue weighted by Gasteiger charge is 2.50. The lowest BCUT2D eigenvalue weighted by Crippen LogP contribution is -2.50. The van der Waals surface area contributed by atoms with Crippen molar-refractivity contribution >= 4 is 12.1 Å². The Labute approximate surface area is 174 Å². The molecule has 6 rings (SSSR count). The van der Waals surface area contributed by atoms with Crippen LogP contribution >= 0.6 is 0 Å². The molecule has 30 heavy (non-hydrogen) atoms. The zero-order valence-electron chi connectivity index (χ0n) is 16.5. The first-order valence-electron chi connectivity index (χ1n) is 10.3. The molecular formula is C22H22N6O2. The molecule has 3 heterocycles. The molecule has 1 amide bonds. The fourth-order valence-corrected chi connectivity index (χ4v) is 4.89. The van der Waals surface area contributed by atoms with Gasteiger partial charge in [0, 0.05) is 43.2 Å². The van der Waals surface area contributed by atoms with E-state index in [0.29, 0.717) is 42.2 Å². The first-order chi connectivity index (χ1) is 14.7. The molecule has 3 aliphatic carbocycles. The van der Waals surface area contributed by atoms with Crippen LogP contribution in [0.25, 0.3) is 0 Å². The van der Waals surface area contributed by atoms with Crippen LogP contribution in [-0.2, 0) is 4.79 Å². The van der Waals surface area contributed by atoms with Crippen LogP contribution in [0, 0.1) is 35.0 Å². The third kappa shape index (κ3) is 3.41. The molecule has 0 N–H and O–H groups in total. The van der Waals surface area contributed by atoms with Gasteiger partial charge in [-0.3, -0.25) is 14.8 Å². The van der Waals surface area contributed by atoms with Crippen molar-refractivity contribution in [3.05, 3.63) is 48.2 Å². The summed E-state index contributed by atoms with van der Waals surface area (Å²) in [7, 11) is 0. The summed E-state index contributed by atoms with van der Waals surface area (Å²) in [4.78, 5) is 26.1. The van der Waals surface area contributed by atoms with Gasteiger partial charge >= 0.3 is 0 Å². The minimum Gasteiger partial charge on any atom is -0.477 e. The molecule has 2 aromatic heterocycles. The summed E-state index contributed by atoms with van der Waals surface area (Å²) in [5.41, 5.74) is 1.29. The third-order valence-corrected chi connectivity index (χ3v) is 6.61. The van der Waals surface area contributed by atoms with E-state index in [9.17, 15) is 4.79 Å². The molecule has 3 fully saturated rings. The molecule has 0 radical (unpaired) electrons. The quantitative estimate of drug-likeness (QED) is 0.762. The van der Waals surface area contributed by atoms with E-state index in [1.54, 1.807) is 41.9 Å². The monoisotopic (exact) mass is 402 g/mol. The molecule has 3 saturated carbocycles. The van der Waals surface area contributed by atoms with Crippen LogP contribution in [0.2, 0.25) is 0 Å². The van der Waals surface area contributed by atoms with Crippen LogP contribution in [0.15, 0.2) is 42.0 Å². The van der Waals surface area contributed by atoms with Crippen molar-refractivity contribution in [2.24, 2.45) is 28.8 Å². The molecule has 2 aromatic rings. The average Bonchev–Trinajstić information content (AvgIpc) is 3.27. The van der Waals surface area contributed by atoms with Crippen LogP contribution in [0.4, 0.5) is 0 Å². The Morgan fingerprint density at radius 1 is 1.17 bits per heavy atom. The maximum atomic E-state index is 13.4. The van der Waals surface area contributed by atoms with Crippen molar-refractivity contribution in [1.29, 1.82) is 5.26 Å². The molecule has 2 bridgehead atoms. The maximum Gasteiger partial charge on any atom is 0.246 e. The number of rotatable bonds is 5. The standard InChI is InChI=1S/C22H22N6O2/c23-10-14-1-2-21(26-11-14)30-13-17-9-18(16-7-15(17)8-16)22(29)28-20(3-4-27-28)19-12-24-5-6-25-19/h1-2,4-6,11-12,15-18,20H,3,7-9,13H2/t15?,16?,17-,18-,20?/m0/s1. The number of nitrogens with zero attached hydrogens (tertiary/aromatic N) is 6. The second-order valence-electron chi connectivity index (χ2n) is 8.26. The Hall–Kier alpha value is -3.34. The molecule has 0 spiro atoms. The summed E-state index contributed by atoms with van der Waals surface area (Å²) in [6.45, 7) is 0.539. The lowest BCUT2D eigenvalue weighted by molar-refractivity contribution is -0.148. The fraction of sp³-hybridized carbons (Fsp3) is 0.455. The van der Waals surface area contributed by atoms with Crippen LogP contribution in [0.1, 0.15) is 43.0 Å². The topological polar surface area (TPSA) is 104 Å². The highest BCUT2D eigenvalue weighted by molar-refractivity contribution is 5.82. The molecule has 3 atom stereocenters. The molecule has 4 aliphatic rings. The SMILES string of the molecule is N#Cc1ccc(OC[C@@H]2C[C@H](C(=O)N3N=CCC3c3cnccn3)C3CC2C3)nc1. The van der Waals surface area contributed by atoms with Gasteiger partial charge in [0.2, 0.25) is 11.8 Å². The zero-order valence-corrected chi connectivity index (χ0v) is 16.5. The van der Waals surface area contributed by atoms with Crippen LogP contribution in [0.5, 0.6) is 5.88 Å². The van der Waals surface area contributed by atoms with Gasteiger partial charge in [0.1, 0.15) is 12.1 Å². The first-order valence-corrected chi connectivity index (χ1v) is 10.3. The normalized spacial score (nSPS) is 29.2. The van der Waals surface area contributed by atoms with Crippen molar-refractivity contribution in [3.8, 4) is 11.9 Å². The van der Waals surface area contributed by atoms with E-state index in [-0.39, 0.29) is 17.9 Å². The Balaban J connectivity index is 1.24. The molecule has 1 unspecified atom stereocenters. The largest absolute Gasteiger partial charge is 0.477 e. The van der Waals surface area contributed by atoms with Gasteiger partial charge < -0.3 is 4.74 Å². The van der Waals surface area contributed by atoms with E-state index in [1.807, 2.05) is 0 Å². The molecule has 8 heteroatoms. The highest BCUT2D eigenvalue weighted by atomic mass is 16.5. The molecular weight excluding hydrogens is 380 g/mol. The predicted molar refractivity (Wildman–Crippen MR) is 107 cm³/mol. The Morgan fingerprint density at radius 2 is 2.07 bits per heavy atom. The van der Waals surface area contributed by atoms with Gasteiger partial charge in [0.05, 0.1) is 24.1 Å². The number of pyridine rings is 1. The summed E-state index contributed by atoms with van der Waals surface area (Å²) in [6.07, 6.45) is 11.9. The maximum absolute atomic E-state index is 13.4. The van der Waals surface area contributed by atoms with Crippen molar-refractivity contribution in [1.82, 2.24) is 20.0 Å². The number of hydrogen-bond donors (Lipinski definition) is 0. The Kier molecular flexibility index (Phi) is 4.87. The van der Waals surface area contributed by atoms with Crippen molar-refractivity contribution in [2.75, 3.05) is 6.61 Å². The van der Waals surface area contributed by atoms with E-state index in [4.69, 9.17) is 10.00 Å². The van der Waals surface area contributed by atoms with Gasteiger partial charge in [0.25, 0.3) is 0 Å². The number of nitriles is 1. The summed E-state index contributed by atoms with van der Waals surface area (Å²) in [5, 5.41) is 14.9. The lowest BCUT2D eigenvalue weighted by atomic mass is 9.55. The van der Waals surface area contributed by atoms with Gasteiger partial charge in [-0.1, -0.05) is 0 Å². The Morgan fingerprint density at radius 3 is 2.80 bits per heavy atom. The van der Waals surface area contributed by atoms with Gasteiger partial charge in [-0.05, 0) is 43.1 Å². The number of carbonyl (C=O) groups excluding carboxylic acids is 1. The van der Waals surface area contributed by atoms with E-state index < -0.39 is 0 Å². The van der Waals surface area contributed by atoms with Gasteiger partial charge in [-0.15, -0.1) is 0 Å². The van der Waals surface area contributed by atoms with E-state index in [2.05, 4.69) is 26.1 Å². The van der Waals surface area contributed by atoms with Gasteiger partial charge in [-0.2, -0.15) is 10.4 Å². The molecule has 0 saturated heterocycles. The first kappa shape index (κ1) is 18.7. The number of fused-ring (bicyclic) bond motifs is 2. The molecule has 152 valence electrons. The number of hydrazone groups is 1. The Bertz CT molecular complexity index is 981. The van der Waals surface area contributed by atoms with Gasteiger partial charge in [-0.25, -0.2) is 9.99 Å². The van der Waals surface area contributed by atoms with Crippen LogP contribution < -0.4 is 4.74 Å². The van der Waals surface area contributed by atoms with E-state index >= 15 is 0 Å². The summed E-state index contributed by atoms with van der Waals surface area (Å²) in [5.74, 6) is 1.93. The minimum absolute atomic E-state index is 0.0352. The minimum atomic E-state index is -0.165. The van der Waals surface area contributed by atoms with Crippen molar-refractivity contribution < 1.29 is 9.53 Å². The second-order valence-corrected chi connectivity index (χ2v) is 8.26. The number of amides is 1. The summed E-state index contributed by atoms with van der Waals surface area (Å²) >= 11 is 0. The smallest absolute Gasteiger partial charge is 0.246 e. The van der Waals surface area contributed by atoms with Crippen molar-refractivity contribution in [3.63, 3.8) is 0 Å². The summed E-state index contributed by atoms with van der Waals surface area (Å²) in [6, 6.07) is 5.31. The zero-order chi connectivity index (χ0) is 20.5. The lowest BCUT2D eigenvalue weighted by Gasteiger charge is -2.51. The highest BCUT2D eigenvalue weighted by Crippen LogP contribution is 2.53. The number of aromatic nitrogens is 3. The molecule has 0 aromatic carbocycles. The summed E-state index contributed by atoms with van der Waals surface area (Å²) < 4.78 is 5.89. The average molecular weight is 402 g/mol. The van der Waals surface area contributed by atoms with E-state index in [1.165, 1.54) is 6.20 Å². The third-order valence-electron chi connectivity index (χ3n) is 6.61. The number of ether oxygens (including phenoxy) is 1. The van der Waals surface area contributed by atoms with Gasteiger partial charge in [0.15, 0.2) is 0 Å². The fourth-order valence-electron chi connectivity index (χ4n) is 4.89. The van der Waals surface area contributed by atoms with Crippen LogP contribution in [-0.4, -0.2) is 38.7 Å². The number of hydrogen-bond acceptors (Lipinski definition) is 7.